The molecule has 0 aromatic rings. The smallest absolute Gasteiger partial charge is 0.166 e. The Labute approximate surface area is 102 Å². The summed E-state index contributed by atoms with van der Waals surface area (Å²) in [4.78, 5) is 2.01. The van der Waals surface area contributed by atoms with Crippen molar-refractivity contribution < 1.29 is 13.5 Å². The zero-order chi connectivity index (χ0) is 12.2. The van der Waals surface area contributed by atoms with E-state index in [4.69, 9.17) is 5.11 Å². The van der Waals surface area contributed by atoms with Crippen LogP contribution in [0.25, 0.3) is 0 Å². The fourth-order valence-corrected chi connectivity index (χ4v) is 4.90. The quantitative estimate of drug-likeness (QED) is 0.782. The minimum Gasteiger partial charge on any atom is -0.396 e. The lowest BCUT2D eigenvalue weighted by Crippen LogP contribution is -2.49. The van der Waals surface area contributed by atoms with E-state index >= 15 is 0 Å². The summed E-state index contributed by atoms with van der Waals surface area (Å²) in [5.74, 6) is 1.97. The average Bonchev–Trinajstić information content (AvgIpc) is 2.29. The average molecular weight is 267 g/mol. The number of nitrogens with zero attached hydrogens (tertiary/aromatic N) is 1. The van der Waals surface area contributed by atoms with Gasteiger partial charge in [-0.25, -0.2) is 8.42 Å². The van der Waals surface area contributed by atoms with Crippen molar-refractivity contribution in [3.05, 3.63) is 0 Å². The van der Waals surface area contributed by atoms with Gasteiger partial charge in [0.1, 0.15) is 5.37 Å². The first-order chi connectivity index (χ1) is 7.51. The number of aliphatic hydroxyl groups is 1. The monoisotopic (exact) mass is 267 g/mol. The Hall–Kier alpha value is 0.220. The van der Waals surface area contributed by atoms with Crippen molar-refractivity contribution in [3.63, 3.8) is 0 Å². The second-order valence-electron chi connectivity index (χ2n) is 4.26. The third-order valence-electron chi connectivity index (χ3n) is 2.87. The summed E-state index contributed by atoms with van der Waals surface area (Å²) >= 11 is 1.70. The molecule has 0 radical (unpaired) electrons. The van der Waals surface area contributed by atoms with Gasteiger partial charge in [0.05, 0.1) is 0 Å². The van der Waals surface area contributed by atoms with Crippen molar-refractivity contribution in [2.75, 3.05) is 37.0 Å². The second kappa shape index (κ2) is 6.23. The van der Waals surface area contributed by atoms with Crippen molar-refractivity contribution in [2.24, 2.45) is 5.92 Å². The van der Waals surface area contributed by atoms with Gasteiger partial charge >= 0.3 is 0 Å². The molecule has 0 aliphatic carbocycles. The van der Waals surface area contributed by atoms with Gasteiger partial charge in [0.2, 0.25) is 0 Å². The van der Waals surface area contributed by atoms with Crippen LogP contribution in [0.2, 0.25) is 0 Å². The van der Waals surface area contributed by atoms with Gasteiger partial charge in [-0.1, -0.05) is 13.8 Å². The summed E-state index contributed by atoms with van der Waals surface area (Å²) in [6.45, 7) is 5.22. The zero-order valence-electron chi connectivity index (χ0n) is 9.92. The number of sulfone groups is 1. The van der Waals surface area contributed by atoms with Crippen LogP contribution in [-0.4, -0.2) is 60.8 Å². The maximum absolute atomic E-state index is 11.9. The maximum atomic E-state index is 11.9. The Morgan fingerprint density at radius 3 is 2.81 bits per heavy atom. The number of rotatable bonds is 5. The van der Waals surface area contributed by atoms with E-state index < -0.39 is 9.84 Å². The van der Waals surface area contributed by atoms with Crippen LogP contribution in [0.15, 0.2) is 0 Å². The van der Waals surface area contributed by atoms with Gasteiger partial charge in [-0.05, 0) is 5.92 Å². The van der Waals surface area contributed by atoms with Crippen molar-refractivity contribution in [1.82, 2.24) is 4.90 Å². The molecule has 1 aliphatic heterocycles. The summed E-state index contributed by atoms with van der Waals surface area (Å²) in [5, 5.41) is 8.67. The fraction of sp³-hybridized carbons (Fsp3) is 1.00. The highest BCUT2D eigenvalue weighted by Gasteiger charge is 2.33. The van der Waals surface area contributed by atoms with Gasteiger partial charge in [0, 0.05) is 37.0 Å². The van der Waals surface area contributed by atoms with E-state index in [1.165, 1.54) is 0 Å². The van der Waals surface area contributed by atoms with Gasteiger partial charge in [-0.15, -0.1) is 0 Å². The van der Waals surface area contributed by atoms with E-state index in [0.29, 0.717) is 12.3 Å². The highest BCUT2D eigenvalue weighted by atomic mass is 32.2. The van der Waals surface area contributed by atoms with Gasteiger partial charge in [0.15, 0.2) is 9.84 Å². The number of thioether (sulfide) groups is 1. The van der Waals surface area contributed by atoms with Gasteiger partial charge in [-0.2, -0.15) is 11.8 Å². The molecule has 1 heterocycles. The van der Waals surface area contributed by atoms with Crippen LogP contribution in [0.1, 0.15) is 13.8 Å². The Bertz CT molecular complexity index is 305. The summed E-state index contributed by atoms with van der Waals surface area (Å²) in [6, 6.07) is 0. The molecule has 16 heavy (non-hydrogen) atoms. The van der Waals surface area contributed by atoms with Gasteiger partial charge in [-0.3, -0.25) is 4.90 Å². The van der Waals surface area contributed by atoms with E-state index in [1.54, 1.807) is 18.7 Å². The highest BCUT2D eigenvalue weighted by Crippen LogP contribution is 2.22. The Morgan fingerprint density at radius 1 is 1.56 bits per heavy atom. The molecule has 0 amide bonds. The molecule has 0 aromatic carbocycles. The Kier molecular flexibility index (Phi) is 5.56. The molecule has 0 bridgehead atoms. The molecular weight excluding hydrogens is 246 g/mol. The maximum Gasteiger partial charge on any atom is 0.166 e. The Balaban J connectivity index is 2.71. The van der Waals surface area contributed by atoms with Crippen LogP contribution < -0.4 is 0 Å². The highest BCUT2D eigenvalue weighted by molar-refractivity contribution is 8.01. The van der Waals surface area contributed by atoms with Crippen LogP contribution >= 0.6 is 11.8 Å². The Morgan fingerprint density at radius 2 is 2.25 bits per heavy atom. The van der Waals surface area contributed by atoms with E-state index in [1.807, 2.05) is 11.8 Å². The van der Waals surface area contributed by atoms with E-state index in [0.717, 1.165) is 12.3 Å². The molecule has 96 valence electrons. The largest absolute Gasteiger partial charge is 0.396 e. The molecule has 1 fully saturated rings. The zero-order valence-corrected chi connectivity index (χ0v) is 11.6. The summed E-state index contributed by atoms with van der Waals surface area (Å²) in [7, 11) is -3.00. The molecule has 6 heteroatoms. The standard InChI is InChI=1S/C10H21NO3S2/c1-3-16(13,14)10-8-15-5-4-11(10)6-9(2)7-12/h9-10,12H,3-8H2,1-2H3. The van der Waals surface area contributed by atoms with Crippen molar-refractivity contribution in [2.45, 2.75) is 19.2 Å². The molecule has 1 aliphatic rings. The van der Waals surface area contributed by atoms with Crippen LogP contribution in [0.3, 0.4) is 0 Å². The van der Waals surface area contributed by atoms with Gasteiger partial charge < -0.3 is 5.11 Å². The number of aliphatic hydroxyl groups excluding tert-OH is 1. The van der Waals surface area contributed by atoms with Crippen molar-refractivity contribution in [1.29, 1.82) is 0 Å². The molecular formula is C10H21NO3S2. The third-order valence-corrected chi connectivity index (χ3v) is 6.20. The number of hydrogen-bond acceptors (Lipinski definition) is 5. The molecule has 2 unspecified atom stereocenters. The molecule has 4 nitrogen and oxygen atoms in total. The van der Waals surface area contributed by atoms with Gasteiger partial charge in [0.25, 0.3) is 0 Å². The predicted octanol–water partition coefficient (Wildman–Crippen LogP) is 0.424. The van der Waals surface area contributed by atoms with Crippen molar-refractivity contribution >= 4 is 21.6 Å². The normalized spacial score (nSPS) is 25.6. The van der Waals surface area contributed by atoms with Crippen LogP contribution in [0.4, 0.5) is 0 Å². The summed E-state index contributed by atoms with van der Waals surface area (Å²) in [6.07, 6.45) is 0. The SMILES string of the molecule is CCS(=O)(=O)C1CSCCN1CC(C)CO. The first-order valence-electron chi connectivity index (χ1n) is 5.65. The first-order valence-corrected chi connectivity index (χ1v) is 8.52. The lowest BCUT2D eigenvalue weighted by molar-refractivity contribution is 0.170. The summed E-state index contributed by atoms with van der Waals surface area (Å²) < 4.78 is 23.8. The molecule has 1 saturated heterocycles. The van der Waals surface area contributed by atoms with E-state index in [2.05, 4.69) is 0 Å². The lowest BCUT2D eigenvalue weighted by Gasteiger charge is -2.35. The van der Waals surface area contributed by atoms with Crippen LogP contribution in [0, 0.1) is 5.92 Å². The molecule has 0 saturated carbocycles. The molecule has 0 spiro atoms. The lowest BCUT2D eigenvalue weighted by atomic mass is 10.2. The molecule has 0 aromatic heterocycles. The third kappa shape index (κ3) is 3.61. The summed E-state index contributed by atoms with van der Waals surface area (Å²) in [5.41, 5.74) is 0. The predicted molar refractivity (Wildman–Crippen MR) is 68.4 cm³/mol. The van der Waals surface area contributed by atoms with E-state index in [9.17, 15) is 8.42 Å². The first kappa shape index (κ1) is 14.3. The minimum atomic E-state index is -3.00. The van der Waals surface area contributed by atoms with Crippen LogP contribution in [-0.2, 0) is 9.84 Å². The molecule has 1 N–H and O–H groups in total. The second-order valence-corrected chi connectivity index (χ2v) is 7.86. The minimum absolute atomic E-state index is 0.114. The molecule has 1 rings (SSSR count). The van der Waals surface area contributed by atoms with Crippen LogP contribution in [0.5, 0.6) is 0 Å². The van der Waals surface area contributed by atoms with Crippen molar-refractivity contribution in [3.8, 4) is 0 Å². The fourth-order valence-electron chi connectivity index (χ4n) is 1.81. The molecule has 2 atom stereocenters. The topological polar surface area (TPSA) is 57.6 Å². The van der Waals surface area contributed by atoms with E-state index in [-0.39, 0.29) is 23.7 Å². The number of hydrogen-bond donors (Lipinski definition) is 1.